The van der Waals surface area contributed by atoms with E-state index in [4.69, 9.17) is 9.47 Å². The summed E-state index contributed by atoms with van der Waals surface area (Å²) in [5.41, 5.74) is 0.798. The van der Waals surface area contributed by atoms with E-state index in [0.29, 0.717) is 30.6 Å². The van der Waals surface area contributed by atoms with Crippen LogP contribution in [0.2, 0.25) is 0 Å². The smallest absolute Gasteiger partial charge is 0.308 e. The normalized spacial score (nSPS) is 33.5. The molecule has 0 spiro atoms. The molecular formula is C22H24O6. The van der Waals surface area contributed by atoms with E-state index in [1.54, 1.807) is 18.2 Å². The summed E-state index contributed by atoms with van der Waals surface area (Å²) in [6.45, 7) is 4.65. The van der Waals surface area contributed by atoms with Gasteiger partial charge in [-0.3, -0.25) is 19.2 Å². The molecule has 28 heavy (non-hydrogen) atoms. The largest absolute Gasteiger partial charge is 0.462 e. The monoisotopic (exact) mass is 384 g/mol. The van der Waals surface area contributed by atoms with Gasteiger partial charge in [-0.25, -0.2) is 0 Å². The molecule has 2 fully saturated rings. The number of carbonyl (C=O) groups is 4. The molecule has 1 unspecified atom stereocenters. The Morgan fingerprint density at radius 2 is 1.89 bits per heavy atom. The van der Waals surface area contributed by atoms with Gasteiger partial charge in [0.15, 0.2) is 5.78 Å². The van der Waals surface area contributed by atoms with Crippen molar-refractivity contribution in [3.63, 3.8) is 0 Å². The highest BCUT2D eigenvalue weighted by Crippen LogP contribution is 2.60. The molecule has 5 atom stereocenters. The number of rotatable bonds is 2. The molecule has 6 heteroatoms. The fourth-order valence-electron chi connectivity index (χ4n) is 5.77. The second kappa shape index (κ2) is 6.54. The Morgan fingerprint density at radius 1 is 1.14 bits per heavy atom. The molecule has 0 aliphatic heterocycles. The Kier molecular flexibility index (Phi) is 4.40. The summed E-state index contributed by atoms with van der Waals surface area (Å²) < 4.78 is 10.8. The predicted molar refractivity (Wildman–Crippen MR) is 98.9 cm³/mol. The molecule has 3 aliphatic rings. The van der Waals surface area contributed by atoms with Gasteiger partial charge < -0.3 is 9.47 Å². The predicted octanol–water partition coefficient (Wildman–Crippen LogP) is 3.22. The standard InChI is InChI=1S/C22H24O6/c1-11(23)27-13-4-5-14-15(8-13)18(25)9-16-17-6-7-20(26)22(17,3)10-19(21(14)16)28-12(2)24/h4-5,8,16-17,19,21H,6-7,9-10H2,1-3H3/t16-,17-,19?,21+,22-/m0/s1. The van der Waals surface area contributed by atoms with Gasteiger partial charge in [0.1, 0.15) is 17.6 Å². The Morgan fingerprint density at radius 3 is 2.57 bits per heavy atom. The van der Waals surface area contributed by atoms with Gasteiger partial charge in [0, 0.05) is 43.6 Å². The van der Waals surface area contributed by atoms with Crippen molar-refractivity contribution in [3.8, 4) is 5.75 Å². The molecule has 6 nitrogen and oxygen atoms in total. The van der Waals surface area contributed by atoms with E-state index in [1.165, 1.54) is 13.8 Å². The number of esters is 2. The Hall–Kier alpha value is -2.50. The van der Waals surface area contributed by atoms with Crippen molar-refractivity contribution < 1.29 is 28.7 Å². The van der Waals surface area contributed by atoms with Crippen molar-refractivity contribution in [2.45, 2.75) is 58.5 Å². The van der Waals surface area contributed by atoms with Gasteiger partial charge in [0.25, 0.3) is 0 Å². The number of ketones is 2. The third-order valence-corrected chi connectivity index (χ3v) is 6.83. The van der Waals surface area contributed by atoms with Gasteiger partial charge in [-0.15, -0.1) is 0 Å². The van der Waals surface area contributed by atoms with Gasteiger partial charge in [-0.05, 0) is 42.4 Å². The van der Waals surface area contributed by atoms with Gasteiger partial charge >= 0.3 is 11.9 Å². The van der Waals surface area contributed by atoms with Crippen molar-refractivity contribution in [1.82, 2.24) is 0 Å². The lowest BCUT2D eigenvalue weighted by Gasteiger charge is -2.50. The second-order valence-electron chi connectivity index (χ2n) is 8.50. The highest BCUT2D eigenvalue weighted by Gasteiger charge is 2.59. The molecule has 0 aromatic heterocycles. The minimum atomic E-state index is -0.545. The van der Waals surface area contributed by atoms with Crippen LogP contribution in [0.1, 0.15) is 68.3 Å². The highest BCUT2D eigenvalue weighted by atomic mass is 16.5. The first kappa shape index (κ1) is 18.8. The van der Waals surface area contributed by atoms with Crippen LogP contribution < -0.4 is 4.74 Å². The SMILES string of the molecule is CC(=O)Oc1ccc2c(c1)C(=O)C[C@@H]1[C@@H]2C(OC(C)=O)C[C@]2(C)C(=O)CC[C@@H]12. The zero-order valence-corrected chi connectivity index (χ0v) is 16.3. The summed E-state index contributed by atoms with van der Waals surface area (Å²) in [5.74, 6) is -0.364. The summed E-state index contributed by atoms with van der Waals surface area (Å²) in [7, 11) is 0. The number of ether oxygens (including phenoxy) is 2. The number of benzene rings is 1. The van der Waals surface area contributed by atoms with Crippen LogP contribution in [-0.4, -0.2) is 29.6 Å². The molecule has 0 amide bonds. The molecule has 2 saturated carbocycles. The zero-order chi connectivity index (χ0) is 20.2. The molecule has 0 saturated heterocycles. The van der Waals surface area contributed by atoms with Crippen LogP contribution in [0, 0.1) is 17.3 Å². The van der Waals surface area contributed by atoms with E-state index in [2.05, 4.69) is 0 Å². The molecule has 1 aromatic carbocycles. The minimum Gasteiger partial charge on any atom is -0.462 e. The molecule has 3 aliphatic carbocycles. The van der Waals surface area contributed by atoms with E-state index in [1.807, 2.05) is 6.92 Å². The Balaban J connectivity index is 1.79. The van der Waals surface area contributed by atoms with Crippen LogP contribution in [0.5, 0.6) is 5.75 Å². The van der Waals surface area contributed by atoms with Crippen molar-refractivity contribution >= 4 is 23.5 Å². The quantitative estimate of drug-likeness (QED) is 0.575. The molecule has 1 aromatic rings. The minimum absolute atomic E-state index is 0.0181. The first-order valence-electron chi connectivity index (χ1n) is 9.77. The third-order valence-electron chi connectivity index (χ3n) is 6.83. The summed E-state index contributed by atoms with van der Waals surface area (Å²) >= 11 is 0. The number of fused-ring (bicyclic) bond motifs is 5. The van der Waals surface area contributed by atoms with E-state index in [-0.39, 0.29) is 35.3 Å². The number of hydrogen-bond donors (Lipinski definition) is 0. The molecule has 4 rings (SSSR count). The zero-order valence-electron chi connectivity index (χ0n) is 16.3. The first-order chi connectivity index (χ1) is 13.2. The van der Waals surface area contributed by atoms with Crippen molar-refractivity contribution in [3.05, 3.63) is 29.3 Å². The van der Waals surface area contributed by atoms with Gasteiger partial charge in [-0.1, -0.05) is 13.0 Å². The van der Waals surface area contributed by atoms with Crippen LogP contribution in [0.15, 0.2) is 18.2 Å². The molecule has 0 radical (unpaired) electrons. The maximum absolute atomic E-state index is 12.9. The van der Waals surface area contributed by atoms with Crippen LogP contribution in [0.4, 0.5) is 0 Å². The summed E-state index contributed by atoms with van der Waals surface area (Å²) in [5, 5.41) is 0. The van der Waals surface area contributed by atoms with Gasteiger partial charge in [-0.2, -0.15) is 0 Å². The summed E-state index contributed by atoms with van der Waals surface area (Å²) in [6.07, 6.45) is 1.64. The number of Topliss-reactive ketones (excluding diaryl/α,β-unsaturated/α-hetero) is 2. The fourth-order valence-corrected chi connectivity index (χ4v) is 5.77. The number of hydrogen-bond acceptors (Lipinski definition) is 6. The van der Waals surface area contributed by atoms with E-state index < -0.39 is 17.5 Å². The highest BCUT2D eigenvalue weighted by molar-refractivity contribution is 6.00. The van der Waals surface area contributed by atoms with Crippen molar-refractivity contribution in [1.29, 1.82) is 0 Å². The average molecular weight is 384 g/mol. The van der Waals surface area contributed by atoms with Gasteiger partial charge in [0.2, 0.25) is 0 Å². The van der Waals surface area contributed by atoms with E-state index >= 15 is 0 Å². The molecular weight excluding hydrogens is 360 g/mol. The Labute approximate surface area is 163 Å². The molecule has 0 heterocycles. The summed E-state index contributed by atoms with van der Waals surface area (Å²) in [4.78, 5) is 48.6. The van der Waals surface area contributed by atoms with E-state index in [9.17, 15) is 19.2 Å². The van der Waals surface area contributed by atoms with Crippen LogP contribution >= 0.6 is 0 Å². The summed E-state index contributed by atoms with van der Waals surface area (Å²) in [6, 6.07) is 5.08. The van der Waals surface area contributed by atoms with Crippen LogP contribution in [-0.2, 0) is 19.1 Å². The van der Waals surface area contributed by atoms with Crippen LogP contribution in [0.25, 0.3) is 0 Å². The molecule has 148 valence electrons. The third kappa shape index (κ3) is 2.86. The van der Waals surface area contributed by atoms with Crippen LogP contribution in [0.3, 0.4) is 0 Å². The van der Waals surface area contributed by atoms with E-state index in [0.717, 1.165) is 12.0 Å². The lowest BCUT2D eigenvalue weighted by Crippen LogP contribution is -2.51. The first-order valence-corrected chi connectivity index (χ1v) is 9.77. The lowest BCUT2D eigenvalue weighted by atomic mass is 9.54. The molecule has 0 bridgehead atoms. The lowest BCUT2D eigenvalue weighted by molar-refractivity contribution is -0.158. The second-order valence-corrected chi connectivity index (χ2v) is 8.50. The van der Waals surface area contributed by atoms with Crippen molar-refractivity contribution in [2.75, 3.05) is 0 Å². The maximum Gasteiger partial charge on any atom is 0.308 e. The number of carbonyl (C=O) groups excluding carboxylic acids is 4. The van der Waals surface area contributed by atoms with Crippen molar-refractivity contribution in [2.24, 2.45) is 17.3 Å². The topological polar surface area (TPSA) is 86.7 Å². The van der Waals surface area contributed by atoms with Gasteiger partial charge in [0.05, 0.1) is 0 Å². The Bertz CT molecular complexity index is 887. The fraction of sp³-hybridized carbons (Fsp3) is 0.545. The molecule has 0 N–H and O–H groups in total. The average Bonchev–Trinajstić information content (AvgIpc) is 2.89. The maximum atomic E-state index is 12.9.